The van der Waals surface area contributed by atoms with E-state index in [2.05, 4.69) is 30.7 Å². The molecule has 0 radical (unpaired) electrons. The van der Waals surface area contributed by atoms with Crippen molar-refractivity contribution in [3.63, 3.8) is 0 Å². The molecule has 0 spiro atoms. The van der Waals surface area contributed by atoms with Crippen molar-refractivity contribution in [3.05, 3.63) is 40.7 Å². The van der Waals surface area contributed by atoms with Crippen LogP contribution in [0.2, 0.25) is 0 Å². The van der Waals surface area contributed by atoms with Crippen LogP contribution in [-0.4, -0.2) is 61.6 Å². The molecule has 0 unspecified atom stereocenters. The zero-order chi connectivity index (χ0) is 17.9. The number of amides is 2. The third-order valence-corrected chi connectivity index (χ3v) is 5.28. The quantitative estimate of drug-likeness (QED) is 0.764. The van der Waals surface area contributed by atoms with Crippen molar-refractivity contribution in [1.29, 1.82) is 0 Å². The first-order valence-corrected chi connectivity index (χ1v) is 9.54. The normalized spacial score (nSPS) is 16.0. The Morgan fingerprint density at radius 2 is 2.19 bits per heavy atom. The fourth-order valence-corrected chi connectivity index (χ4v) is 3.74. The number of carbonyl (C=O) groups is 1. The molecular weight excluding hydrogens is 350 g/mol. The molecule has 136 valence electrons. The first-order valence-electron chi connectivity index (χ1n) is 8.66. The fraction of sp³-hybridized carbons (Fsp3) is 0.412. The van der Waals surface area contributed by atoms with Crippen LogP contribution in [0.25, 0.3) is 5.65 Å². The Morgan fingerprint density at radius 3 is 3.04 bits per heavy atom. The number of hydrogen-bond donors (Lipinski definition) is 1. The van der Waals surface area contributed by atoms with Gasteiger partial charge >= 0.3 is 6.03 Å². The monoisotopic (exact) mass is 371 g/mol. The molecule has 0 atom stereocenters. The molecule has 4 rings (SSSR count). The molecule has 0 saturated carbocycles. The van der Waals surface area contributed by atoms with Crippen LogP contribution in [0.3, 0.4) is 0 Å². The molecule has 26 heavy (non-hydrogen) atoms. The number of fused-ring (bicyclic) bond motifs is 1. The fourth-order valence-electron chi connectivity index (χ4n) is 3.14. The highest BCUT2D eigenvalue weighted by Gasteiger charge is 2.20. The van der Waals surface area contributed by atoms with E-state index in [-0.39, 0.29) is 6.03 Å². The van der Waals surface area contributed by atoms with Gasteiger partial charge in [0.1, 0.15) is 6.33 Å². The van der Waals surface area contributed by atoms with Gasteiger partial charge in [-0.25, -0.2) is 19.3 Å². The topological polar surface area (TPSA) is 78.7 Å². The molecule has 1 saturated heterocycles. The molecule has 0 bridgehead atoms. The summed E-state index contributed by atoms with van der Waals surface area (Å²) in [6, 6.07) is 3.61. The molecule has 3 aromatic rings. The lowest BCUT2D eigenvalue weighted by Gasteiger charge is -2.22. The van der Waals surface area contributed by atoms with Gasteiger partial charge in [0, 0.05) is 38.1 Å². The molecular formula is C17H21N7OS. The maximum absolute atomic E-state index is 12.6. The summed E-state index contributed by atoms with van der Waals surface area (Å²) >= 11 is 1.68. The molecule has 8 nitrogen and oxygen atoms in total. The van der Waals surface area contributed by atoms with Crippen LogP contribution in [0.5, 0.6) is 0 Å². The summed E-state index contributed by atoms with van der Waals surface area (Å²) in [6.07, 6.45) is 4.22. The van der Waals surface area contributed by atoms with Gasteiger partial charge in [0.05, 0.1) is 22.6 Å². The molecule has 3 aromatic heterocycles. The Morgan fingerprint density at radius 1 is 1.27 bits per heavy atom. The van der Waals surface area contributed by atoms with Gasteiger partial charge in [-0.1, -0.05) is 0 Å². The average molecular weight is 371 g/mol. The second kappa shape index (κ2) is 7.38. The van der Waals surface area contributed by atoms with E-state index in [1.807, 2.05) is 24.0 Å². The van der Waals surface area contributed by atoms with E-state index >= 15 is 0 Å². The Hall–Kier alpha value is -2.52. The van der Waals surface area contributed by atoms with Crippen LogP contribution in [0, 0.1) is 6.92 Å². The van der Waals surface area contributed by atoms with E-state index in [4.69, 9.17) is 0 Å². The predicted octanol–water partition coefficient (Wildman–Crippen LogP) is 2.23. The third-order valence-electron chi connectivity index (χ3n) is 4.45. The zero-order valence-electron chi connectivity index (χ0n) is 14.6. The first kappa shape index (κ1) is 16.9. The third kappa shape index (κ3) is 3.83. The number of urea groups is 1. The van der Waals surface area contributed by atoms with Crippen molar-refractivity contribution in [3.8, 4) is 0 Å². The van der Waals surface area contributed by atoms with Gasteiger partial charge in [-0.2, -0.15) is 5.10 Å². The van der Waals surface area contributed by atoms with Crippen LogP contribution in [0.15, 0.2) is 30.0 Å². The van der Waals surface area contributed by atoms with Crippen molar-refractivity contribution in [2.24, 2.45) is 0 Å². The maximum atomic E-state index is 12.6. The Kier molecular flexibility index (Phi) is 4.81. The number of aryl methyl sites for hydroxylation is 1. The van der Waals surface area contributed by atoms with Crippen LogP contribution < -0.4 is 5.32 Å². The van der Waals surface area contributed by atoms with E-state index in [1.54, 1.807) is 22.0 Å². The lowest BCUT2D eigenvalue weighted by atomic mass is 10.3. The van der Waals surface area contributed by atoms with Crippen molar-refractivity contribution >= 4 is 28.7 Å². The van der Waals surface area contributed by atoms with Crippen LogP contribution >= 0.6 is 11.3 Å². The van der Waals surface area contributed by atoms with E-state index in [9.17, 15) is 4.79 Å². The predicted molar refractivity (Wildman–Crippen MR) is 100 cm³/mol. The van der Waals surface area contributed by atoms with E-state index in [1.165, 1.54) is 6.33 Å². The largest absolute Gasteiger partial charge is 0.323 e. The summed E-state index contributed by atoms with van der Waals surface area (Å²) < 4.78 is 1.65. The van der Waals surface area contributed by atoms with Crippen molar-refractivity contribution in [2.45, 2.75) is 19.9 Å². The summed E-state index contributed by atoms with van der Waals surface area (Å²) in [5.74, 6) is 0. The van der Waals surface area contributed by atoms with Crippen molar-refractivity contribution in [2.75, 3.05) is 31.5 Å². The molecule has 1 aliphatic heterocycles. The second-order valence-corrected chi connectivity index (χ2v) is 7.45. The summed E-state index contributed by atoms with van der Waals surface area (Å²) in [5.41, 5.74) is 2.59. The smallest absolute Gasteiger partial charge is 0.321 e. The molecule has 1 N–H and O–H groups in total. The van der Waals surface area contributed by atoms with Crippen LogP contribution in [0.1, 0.15) is 17.1 Å². The first-order chi connectivity index (χ1) is 12.7. The number of rotatable bonds is 3. The molecule has 2 amide bonds. The highest BCUT2D eigenvalue weighted by atomic mass is 32.1. The molecule has 0 aromatic carbocycles. The van der Waals surface area contributed by atoms with E-state index in [0.29, 0.717) is 12.2 Å². The summed E-state index contributed by atoms with van der Waals surface area (Å²) in [7, 11) is 0. The Balaban J connectivity index is 1.34. The van der Waals surface area contributed by atoms with Crippen molar-refractivity contribution in [1.82, 2.24) is 29.4 Å². The highest BCUT2D eigenvalue weighted by molar-refractivity contribution is 7.09. The van der Waals surface area contributed by atoms with Gasteiger partial charge in [-0.3, -0.25) is 4.90 Å². The van der Waals surface area contributed by atoms with E-state index in [0.717, 1.165) is 48.9 Å². The Bertz CT molecular complexity index is 905. The summed E-state index contributed by atoms with van der Waals surface area (Å²) in [5, 5.41) is 10.3. The maximum Gasteiger partial charge on any atom is 0.321 e. The summed E-state index contributed by atoms with van der Waals surface area (Å²) in [6.45, 7) is 6.17. The molecule has 9 heteroatoms. The number of carbonyl (C=O) groups excluding carboxylic acids is 1. The minimum Gasteiger partial charge on any atom is -0.323 e. The Labute approximate surface area is 155 Å². The second-order valence-electron chi connectivity index (χ2n) is 6.39. The number of aromatic nitrogens is 4. The highest BCUT2D eigenvalue weighted by Crippen LogP contribution is 2.14. The number of nitrogens with one attached hydrogen (secondary N) is 1. The van der Waals surface area contributed by atoms with E-state index < -0.39 is 0 Å². The minimum atomic E-state index is -0.0733. The van der Waals surface area contributed by atoms with Gasteiger partial charge in [-0.05, 0) is 25.5 Å². The van der Waals surface area contributed by atoms with Gasteiger partial charge in [0.15, 0.2) is 5.65 Å². The standard InChI is InChI=1S/C17H21N7OS/c1-13-20-15(11-26-13)9-22-5-2-6-23(8-7-22)17(25)21-14-3-4-16-18-12-19-24(16)10-14/h3-4,10-12H,2,5-9H2,1H3,(H,21,25). The number of nitrogens with zero attached hydrogens (tertiary/aromatic N) is 6. The lowest BCUT2D eigenvalue weighted by molar-refractivity contribution is 0.211. The molecule has 1 aliphatic rings. The van der Waals surface area contributed by atoms with Gasteiger partial charge in [0.2, 0.25) is 0 Å². The number of pyridine rings is 1. The molecule has 1 fully saturated rings. The number of hydrogen-bond acceptors (Lipinski definition) is 6. The van der Waals surface area contributed by atoms with Gasteiger partial charge in [-0.15, -0.1) is 11.3 Å². The number of anilines is 1. The zero-order valence-corrected chi connectivity index (χ0v) is 15.4. The minimum absolute atomic E-state index is 0.0733. The van der Waals surface area contributed by atoms with Crippen LogP contribution in [-0.2, 0) is 6.54 Å². The average Bonchev–Trinajstić information content (AvgIpc) is 3.18. The molecule has 0 aliphatic carbocycles. The SMILES string of the molecule is Cc1nc(CN2CCCN(C(=O)Nc3ccc4ncnn4c3)CC2)cs1. The number of thiazole rings is 1. The van der Waals surface area contributed by atoms with Crippen molar-refractivity contribution < 1.29 is 4.79 Å². The summed E-state index contributed by atoms with van der Waals surface area (Å²) in [4.78, 5) is 25.5. The van der Waals surface area contributed by atoms with Gasteiger partial charge in [0.25, 0.3) is 0 Å². The lowest BCUT2D eigenvalue weighted by Crippen LogP contribution is -2.38. The molecule has 4 heterocycles. The van der Waals surface area contributed by atoms with Gasteiger partial charge < -0.3 is 10.2 Å². The van der Waals surface area contributed by atoms with Crippen LogP contribution in [0.4, 0.5) is 10.5 Å².